The number of benzene rings is 2. The van der Waals surface area contributed by atoms with Crippen LogP contribution in [-0.2, 0) is 32.3 Å². The van der Waals surface area contributed by atoms with Crippen LogP contribution in [0, 0.1) is 0 Å². The van der Waals surface area contributed by atoms with Gasteiger partial charge in [0.1, 0.15) is 12.6 Å². The molecule has 1 N–H and O–H groups in total. The maximum atomic E-state index is 13.7. The zero-order valence-corrected chi connectivity index (χ0v) is 24.9. The summed E-state index contributed by atoms with van der Waals surface area (Å²) in [7, 11) is -4.29. The molecule has 14 heteroatoms. The summed E-state index contributed by atoms with van der Waals surface area (Å²) in [5.74, 6) is -1.28. The number of alkyl halides is 3. The lowest BCUT2D eigenvalue weighted by Crippen LogP contribution is -2.53. The first kappa shape index (κ1) is 32.3. The molecule has 7 nitrogen and oxygen atoms in total. The first-order chi connectivity index (χ1) is 18.6. The molecule has 1 unspecified atom stereocenters. The molecule has 0 bridgehead atoms. The number of anilines is 1. The lowest BCUT2D eigenvalue weighted by atomic mass is 9.95. The average Bonchev–Trinajstić information content (AvgIpc) is 2.87. The smallest absolute Gasteiger partial charge is 0.352 e. The highest BCUT2D eigenvalue weighted by Gasteiger charge is 2.35. The van der Waals surface area contributed by atoms with Gasteiger partial charge in [-0.2, -0.15) is 13.2 Å². The molecule has 40 heavy (non-hydrogen) atoms. The van der Waals surface area contributed by atoms with Crippen LogP contribution in [0.4, 0.5) is 18.9 Å². The molecule has 220 valence electrons. The molecule has 0 radical (unpaired) electrons. The fraction of sp³-hybridized carbons (Fsp3) is 0.462. The number of hydrogen-bond donors (Lipinski definition) is 1. The van der Waals surface area contributed by atoms with E-state index in [1.54, 1.807) is 6.07 Å². The van der Waals surface area contributed by atoms with Gasteiger partial charge in [-0.15, -0.1) is 0 Å². The molecule has 0 aromatic heterocycles. The Morgan fingerprint density at radius 3 is 2.20 bits per heavy atom. The van der Waals surface area contributed by atoms with Gasteiger partial charge in [-0.3, -0.25) is 13.9 Å². The Morgan fingerprint density at radius 2 is 1.62 bits per heavy atom. The summed E-state index contributed by atoms with van der Waals surface area (Å²) in [6.45, 7) is 0.445. The van der Waals surface area contributed by atoms with Crippen molar-refractivity contribution in [2.75, 3.05) is 17.1 Å². The Morgan fingerprint density at radius 1 is 1.00 bits per heavy atom. The molecule has 2 aromatic rings. The number of amides is 2. The minimum Gasteiger partial charge on any atom is -0.352 e. The average molecular weight is 643 g/mol. The van der Waals surface area contributed by atoms with Crippen LogP contribution in [0.1, 0.15) is 50.2 Å². The SMILES string of the molecule is CC(C(=O)NC1CCCCC1)N(Cc1ccc(Cl)c(Cl)c1)C(=O)CN(c1cc(C(F)(F)F)ccc1Cl)S(C)(=O)=O. The van der Waals surface area contributed by atoms with Gasteiger partial charge in [0.05, 0.1) is 32.6 Å². The maximum absolute atomic E-state index is 13.7. The molecule has 0 saturated heterocycles. The normalized spacial score (nSPS) is 15.4. The lowest BCUT2D eigenvalue weighted by molar-refractivity contribution is -0.139. The Labute approximate surface area is 246 Å². The summed E-state index contributed by atoms with van der Waals surface area (Å²) in [5, 5.41) is 3.13. The second-order valence-corrected chi connectivity index (χ2v) is 12.9. The Balaban J connectivity index is 1.96. The highest BCUT2D eigenvalue weighted by Crippen LogP contribution is 2.36. The standard InChI is InChI=1S/C26H29Cl3F3N3O4S/c1-16(25(37)33-19-6-4-3-5-7-19)34(14-17-8-10-20(27)22(29)12-17)24(36)15-35(40(2,38)39)23-13-18(26(30,31)32)9-11-21(23)28/h8-13,16,19H,3-7,14-15H2,1-2H3,(H,33,37). The Kier molecular flexibility index (Phi) is 10.6. The Bertz CT molecular complexity index is 1350. The van der Waals surface area contributed by atoms with E-state index in [9.17, 15) is 31.2 Å². The fourth-order valence-corrected chi connectivity index (χ4v) is 5.90. The van der Waals surface area contributed by atoms with E-state index in [1.807, 2.05) is 0 Å². The summed E-state index contributed by atoms with van der Waals surface area (Å²) in [4.78, 5) is 28.0. The third-order valence-electron chi connectivity index (χ3n) is 6.68. The molecule has 0 heterocycles. The molecule has 2 amide bonds. The van der Waals surface area contributed by atoms with Gasteiger partial charge in [0.2, 0.25) is 21.8 Å². The molecule has 2 aromatic carbocycles. The van der Waals surface area contributed by atoms with Crippen molar-refractivity contribution < 1.29 is 31.2 Å². The number of sulfonamides is 1. The van der Waals surface area contributed by atoms with Gasteiger partial charge in [0.15, 0.2) is 0 Å². The second kappa shape index (κ2) is 13.2. The van der Waals surface area contributed by atoms with Crippen LogP contribution in [-0.4, -0.2) is 50.0 Å². The van der Waals surface area contributed by atoms with Gasteiger partial charge < -0.3 is 10.2 Å². The lowest BCUT2D eigenvalue weighted by Gasteiger charge is -2.33. The van der Waals surface area contributed by atoms with E-state index in [-0.39, 0.29) is 27.7 Å². The molecule has 0 aliphatic heterocycles. The zero-order valence-electron chi connectivity index (χ0n) is 21.8. The number of carbonyl (C=O) groups is 2. The molecule has 1 fully saturated rings. The van der Waals surface area contributed by atoms with E-state index < -0.39 is 51.9 Å². The van der Waals surface area contributed by atoms with Crippen molar-refractivity contribution in [3.05, 3.63) is 62.6 Å². The number of carbonyl (C=O) groups excluding carboxylic acids is 2. The van der Waals surface area contributed by atoms with Crippen LogP contribution >= 0.6 is 34.8 Å². The third-order valence-corrected chi connectivity index (χ3v) is 8.86. The van der Waals surface area contributed by atoms with Crippen LogP contribution in [0.5, 0.6) is 0 Å². The van der Waals surface area contributed by atoms with E-state index in [4.69, 9.17) is 34.8 Å². The molecular formula is C26H29Cl3F3N3O4S. The summed E-state index contributed by atoms with van der Waals surface area (Å²) < 4.78 is 66.1. The quantitative estimate of drug-likeness (QED) is 0.348. The third kappa shape index (κ3) is 8.41. The highest BCUT2D eigenvalue weighted by atomic mass is 35.5. The highest BCUT2D eigenvalue weighted by molar-refractivity contribution is 7.92. The summed E-state index contributed by atoms with van der Waals surface area (Å²) >= 11 is 18.2. The van der Waals surface area contributed by atoms with Crippen molar-refractivity contribution in [3.63, 3.8) is 0 Å². The first-order valence-electron chi connectivity index (χ1n) is 12.5. The van der Waals surface area contributed by atoms with Crippen LogP contribution in [0.3, 0.4) is 0 Å². The van der Waals surface area contributed by atoms with Crippen LogP contribution in [0.25, 0.3) is 0 Å². The summed E-state index contributed by atoms with van der Waals surface area (Å²) in [6, 6.07) is 5.70. The van der Waals surface area contributed by atoms with Crippen molar-refractivity contribution in [1.29, 1.82) is 0 Å². The van der Waals surface area contributed by atoms with Crippen molar-refractivity contribution in [2.45, 2.75) is 63.8 Å². The van der Waals surface area contributed by atoms with E-state index >= 15 is 0 Å². The van der Waals surface area contributed by atoms with Gasteiger partial charge in [0.25, 0.3) is 0 Å². The van der Waals surface area contributed by atoms with E-state index in [0.29, 0.717) is 22.0 Å². The maximum Gasteiger partial charge on any atom is 0.416 e. The number of halogens is 6. The molecule has 1 aliphatic rings. The summed E-state index contributed by atoms with van der Waals surface area (Å²) in [6.07, 6.45) is 0.573. The van der Waals surface area contributed by atoms with Crippen molar-refractivity contribution >= 4 is 62.3 Å². The molecule has 1 atom stereocenters. The van der Waals surface area contributed by atoms with Crippen LogP contribution in [0.15, 0.2) is 36.4 Å². The van der Waals surface area contributed by atoms with Gasteiger partial charge in [-0.25, -0.2) is 8.42 Å². The number of nitrogens with zero attached hydrogens (tertiary/aromatic N) is 2. The second-order valence-electron chi connectivity index (χ2n) is 9.72. The fourth-order valence-electron chi connectivity index (χ4n) is 4.46. The van der Waals surface area contributed by atoms with E-state index in [1.165, 1.54) is 19.1 Å². The van der Waals surface area contributed by atoms with Crippen molar-refractivity contribution in [3.8, 4) is 0 Å². The molecule has 0 spiro atoms. The van der Waals surface area contributed by atoms with Crippen molar-refractivity contribution in [1.82, 2.24) is 10.2 Å². The van der Waals surface area contributed by atoms with Gasteiger partial charge >= 0.3 is 6.18 Å². The predicted octanol–water partition coefficient (Wildman–Crippen LogP) is 6.30. The largest absolute Gasteiger partial charge is 0.416 e. The van der Waals surface area contributed by atoms with Crippen LogP contribution in [0.2, 0.25) is 15.1 Å². The van der Waals surface area contributed by atoms with Crippen LogP contribution < -0.4 is 9.62 Å². The summed E-state index contributed by atoms with van der Waals surface area (Å²) in [5.41, 5.74) is -1.15. The topological polar surface area (TPSA) is 86.8 Å². The predicted molar refractivity (Wildman–Crippen MR) is 150 cm³/mol. The van der Waals surface area contributed by atoms with Gasteiger partial charge in [0, 0.05) is 12.6 Å². The molecule has 1 aliphatic carbocycles. The molecule has 3 rings (SSSR count). The monoisotopic (exact) mass is 641 g/mol. The number of hydrogen-bond acceptors (Lipinski definition) is 4. The first-order valence-corrected chi connectivity index (χ1v) is 15.4. The van der Waals surface area contributed by atoms with Gasteiger partial charge in [-0.1, -0.05) is 60.1 Å². The zero-order chi connectivity index (χ0) is 29.8. The van der Waals surface area contributed by atoms with E-state index in [2.05, 4.69) is 5.32 Å². The Hall–Kier alpha value is -2.21. The minimum absolute atomic E-state index is 0.0536. The molecular weight excluding hydrogens is 614 g/mol. The van der Waals surface area contributed by atoms with E-state index in [0.717, 1.165) is 49.3 Å². The minimum atomic E-state index is -4.78. The van der Waals surface area contributed by atoms with Crippen molar-refractivity contribution in [2.24, 2.45) is 0 Å². The number of rotatable bonds is 9. The van der Waals surface area contributed by atoms with Gasteiger partial charge in [-0.05, 0) is 55.7 Å². The molecule has 1 saturated carbocycles. The number of nitrogens with one attached hydrogen (secondary N) is 1.